The fourth-order valence-electron chi connectivity index (χ4n) is 8.17. The third-order valence-electron chi connectivity index (χ3n) is 12.2. The zero-order valence-corrected chi connectivity index (χ0v) is 40.1. The molecule has 5 aromatic rings. The molecule has 0 bridgehead atoms. The van der Waals surface area contributed by atoms with Gasteiger partial charge in [0.2, 0.25) is 15.9 Å². The van der Waals surface area contributed by atoms with Crippen LogP contribution in [0.4, 0.5) is 11.4 Å². The molecule has 69 heavy (non-hydrogen) atoms. The Morgan fingerprint density at radius 1 is 0.623 bits per heavy atom. The van der Waals surface area contributed by atoms with Crippen LogP contribution in [0.5, 0.6) is 0 Å². The maximum absolute atomic E-state index is 13.2. The van der Waals surface area contributed by atoms with Crippen molar-refractivity contribution in [3.8, 4) is 12.1 Å². The highest BCUT2D eigenvalue weighted by Crippen LogP contribution is 2.31. The summed E-state index contributed by atoms with van der Waals surface area (Å²) in [6, 6.07) is 34.3. The van der Waals surface area contributed by atoms with E-state index in [4.69, 9.17) is 15.6 Å². The fourth-order valence-corrected chi connectivity index (χ4v) is 10.4. The summed E-state index contributed by atoms with van der Waals surface area (Å²) in [5.41, 5.74) is 6.18. The smallest absolute Gasteiger partial charge is 0.335 e. The van der Waals surface area contributed by atoms with E-state index in [0.29, 0.717) is 77.1 Å². The monoisotopic (exact) mass is 971 g/mol. The van der Waals surface area contributed by atoms with Crippen molar-refractivity contribution >= 4 is 55.1 Å². The number of benzene rings is 5. The van der Waals surface area contributed by atoms with Crippen LogP contribution in [0.2, 0.25) is 0 Å². The minimum Gasteiger partial charge on any atom is -0.478 e. The first-order valence-corrected chi connectivity index (χ1v) is 25.4. The van der Waals surface area contributed by atoms with Gasteiger partial charge >= 0.3 is 5.97 Å². The maximum atomic E-state index is 13.2. The molecule has 0 atom stereocenters. The van der Waals surface area contributed by atoms with Gasteiger partial charge in [-0.15, -0.1) is 0 Å². The molecule has 2 saturated heterocycles. The first-order chi connectivity index (χ1) is 32.9. The number of sulfonamides is 2. The van der Waals surface area contributed by atoms with Gasteiger partial charge < -0.3 is 20.2 Å². The van der Waals surface area contributed by atoms with E-state index in [9.17, 15) is 36.0 Å². The predicted molar refractivity (Wildman–Crippen MR) is 261 cm³/mol. The number of carboxylic acids is 1. The summed E-state index contributed by atoms with van der Waals surface area (Å²) in [5.74, 6) is -1.44. The van der Waals surface area contributed by atoms with E-state index in [0.717, 1.165) is 37.3 Å². The quantitative estimate of drug-likeness (QED) is 0.0923. The number of aryl methyl sites for hydroxylation is 2. The molecule has 3 amide bonds. The van der Waals surface area contributed by atoms with E-state index in [-0.39, 0.29) is 46.2 Å². The number of carbonyl (C=O) groups excluding carboxylic acids is 3. The summed E-state index contributed by atoms with van der Waals surface area (Å²) in [6.07, 6.45) is 3.24. The first-order valence-electron chi connectivity index (χ1n) is 22.3. The Kier molecular flexibility index (Phi) is 16.6. The number of aromatic carboxylic acids is 1. The Hall–Kier alpha value is -7.54. The van der Waals surface area contributed by atoms with Gasteiger partial charge in [-0.25, -0.2) is 21.6 Å². The number of nitriles is 2. The normalized spacial score (nSPS) is 14.3. The largest absolute Gasteiger partial charge is 0.478 e. The number of nitrogens with zero attached hydrogens (tertiary/aromatic N) is 4. The van der Waals surface area contributed by atoms with Crippen LogP contribution in [0.25, 0.3) is 0 Å². The van der Waals surface area contributed by atoms with Gasteiger partial charge in [-0.2, -0.15) is 10.5 Å². The fraction of sp³-hybridized carbons (Fsp3) is 0.294. The lowest BCUT2D eigenvalue weighted by atomic mass is 9.89. The Bertz CT molecular complexity index is 3020. The van der Waals surface area contributed by atoms with Gasteiger partial charge in [0.15, 0.2) is 0 Å². The van der Waals surface area contributed by atoms with Crippen molar-refractivity contribution in [2.45, 2.75) is 63.2 Å². The van der Waals surface area contributed by atoms with Crippen LogP contribution in [0.15, 0.2) is 114 Å². The Morgan fingerprint density at radius 3 is 1.49 bits per heavy atom. The standard InChI is InChI=1S/C27H25N3O5S.C24H28N4O4S/c1-18-5-8-22(16-25(18)29-36(34,35)24-4-2-3-23(15-24)27(32)33)26(31)30-13-11-21(12-14-30)20-9-6-19(17-28)7-10-20;1-17-3-6-22(15-23(17)27-33(31,32)14-11-26-18(2)29)24(30)28-12-9-21(10-13-28)20-7-4-19(16-25)5-8-20/h2-10,15-16,21,29H,11-14H2,1H3,(H,32,33);3-8,15,21,27H,9-14H2,1-2H3,(H,26,29). The summed E-state index contributed by atoms with van der Waals surface area (Å²) >= 11 is 0. The number of carboxylic acid groups (broad SMARTS) is 1. The van der Waals surface area contributed by atoms with Crippen molar-refractivity contribution < 1.29 is 41.1 Å². The Balaban J connectivity index is 0.000000228. The average Bonchev–Trinajstić information content (AvgIpc) is 3.35. The number of piperidine rings is 2. The molecule has 18 heteroatoms. The zero-order chi connectivity index (χ0) is 49.9. The number of carbonyl (C=O) groups is 4. The molecule has 358 valence electrons. The van der Waals surface area contributed by atoms with Crippen molar-refractivity contribution in [1.29, 1.82) is 10.5 Å². The van der Waals surface area contributed by atoms with E-state index in [1.165, 1.54) is 36.8 Å². The molecule has 2 heterocycles. The topological polar surface area (TPSA) is 247 Å². The van der Waals surface area contributed by atoms with E-state index in [1.54, 1.807) is 66.1 Å². The number of anilines is 2. The SMILES string of the molecule is CC(=O)NCCS(=O)(=O)Nc1cc(C(=O)N2CCC(c3ccc(C#N)cc3)CC2)ccc1C.Cc1ccc(C(=O)N2CCC(c3ccc(C#N)cc3)CC2)cc1NS(=O)(=O)c1cccc(C(=O)O)c1. The molecule has 0 aromatic heterocycles. The zero-order valence-electron chi connectivity index (χ0n) is 38.4. The molecular formula is C51H53N7O9S2. The van der Waals surface area contributed by atoms with Gasteiger partial charge in [0, 0.05) is 50.8 Å². The van der Waals surface area contributed by atoms with E-state index >= 15 is 0 Å². The van der Waals surface area contributed by atoms with Crippen LogP contribution in [-0.2, 0) is 24.8 Å². The molecule has 2 aliphatic rings. The molecule has 2 aliphatic heterocycles. The van der Waals surface area contributed by atoms with Crippen molar-refractivity contribution in [3.05, 3.63) is 159 Å². The first kappa shape index (κ1) is 50.9. The van der Waals surface area contributed by atoms with Crippen LogP contribution in [0.3, 0.4) is 0 Å². The predicted octanol–water partition coefficient (Wildman–Crippen LogP) is 7.15. The summed E-state index contributed by atoms with van der Waals surface area (Å²) in [6.45, 7) is 7.18. The van der Waals surface area contributed by atoms with Crippen LogP contribution >= 0.6 is 0 Å². The highest BCUT2D eigenvalue weighted by atomic mass is 32.2. The van der Waals surface area contributed by atoms with E-state index in [1.807, 2.05) is 36.4 Å². The van der Waals surface area contributed by atoms with Gasteiger partial charge in [0.1, 0.15) is 0 Å². The molecule has 0 aliphatic carbocycles. The number of likely N-dealkylation sites (tertiary alicyclic amines) is 2. The van der Waals surface area contributed by atoms with Crippen LogP contribution in [0, 0.1) is 36.5 Å². The molecular weight excluding hydrogens is 919 g/mol. The molecule has 16 nitrogen and oxygen atoms in total. The molecule has 7 rings (SSSR count). The Labute approximate surface area is 402 Å². The summed E-state index contributed by atoms with van der Waals surface area (Å²) in [7, 11) is -7.73. The van der Waals surface area contributed by atoms with E-state index in [2.05, 4.69) is 26.9 Å². The van der Waals surface area contributed by atoms with E-state index < -0.39 is 26.0 Å². The second-order valence-electron chi connectivity index (χ2n) is 17.0. The number of amides is 3. The lowest BCUT2D eigenvalue weighted by molar-refractivity contribution is -0.118. The average molecular weight is 972 g/mol. The number of nitrogens with one attached hydrogen (secondary N) is 3. The Morgan fingerprint density at radius 2 is 1.07 bits per heavy atom. The lowest BCUT2D eigenvalue weighted by Crippen LogP contribution is -2.38. The molecule has 4 N–H and O–H groups in total. The van der Waals surface area contributed by atoms with Crippen molar-refractivity contribution in [2.75, 3.05) is 47.9 Å². The second kappa shape index (κ2) is 22.5. The summed E-state index contributed by atoms with van der Waals surface area (Å²) < 4.78 is 55.5. The molecule has 2 fully saturated rings. The summed E-state index contributed by atoms with van der Waals surface area (Å²) in [4.78, 5) is 51.8. The van der Waals surface area contributed by atoms with Gasteiger partial charge in [-0.1, -0.05) is 42.5 Å². The van der Waals surface area contributed by atoms with Crippen molar-refractivity contribution in [3.63, 3.8) is 0 Å². The third-order valence-corrected chi connectivity index (χ3v) is 14.8. The second-order valence-corrected chi connectivity index (χ2v) is 20.5. The van der Waals surface area contributed by atoms with Gasteiger partial charge in [0.25, 0.3) is 21.8 Å². The molecule has 0 radical (unpaired) electrons. The maximum Gasteiger partial charge on any atom is 0.335 e. The number of hydrogen-bond acceptors (Lipinski definition) is 10. The molecule has 5 aromatic carbocycles. The highest BCUT2D eigenvalue weighted by Gasteiger charge is 2.27. The third kappa shape index (κ3) is 13.6. The van der Waals surface area contributed by atoms with Crippen LogP contribution in [0.1, 0.15) is 109 Å². The number of rotatable bonds is 13. The molecule has 0 unspecified atom stereocenters. The number of hydrogen-bond donors (Lipinski definition) is 4. The van der Waals surface area contributed by atoms with Gasteiger partial charge in [0.05, 0.1) is 50.9 Å². The van der Waals surface area contributed by atoms with Gasteiger partial charge in [-0.3, -0.25) is 23.8 Å². The van der Waals surface area contributed by atoms with Gasteiger partial charge in [-0.05, 0) is 140 Å². The van der Waals surface area contributed by atoms with Crippen LogP contribution in [-0.4, -0.2) is 93.9 Å². The summed E-state index contributed by atoms with van der Waals surface area (Å²) in [5, 5.41) is 29.6. The minimum absolute atomic E-state index is 0.0104. The van der Waals surface area contributed by atoms with Crippen LogP contribution < -0.4 is 14.8 Å². The van der Waals surface area contributed by atoms with Crippen molar-refractivity contribution in [2.24, 2.45) is 0 Å². The lowest BCUT2D eigenvalue weighted by Gasteiger charge is -2.32. The van der Waals surface area contributed by atoms with Crippen molar-refractivity contribution in [1.82, 2.24) is 15.1 Å². The minimum atomic E-state index is -4.06. The molecule has 0 spiro atoms. The molecule has 0 saturated carbocycles. The highest BCUT2D eigenvalue weighted by molar-refractivity contribution is 7.93.